The van der Waals surface area contributed by atoms with Crippen LogP contribution in [0.25, 0.3) is 0 Å². The molecule has 0 aliphatic carbocycles. The maximum atomic E-state index is 16.7. The second-order valence-corrected chi connectivity index (χ2v) is 16.5. The van der Waals surface area contributed by atoms with Crippen LogP contribution in [0.3, 0.4) is 0 Å². The lowest BCUT2D eigenvalue weighted by atomic mass is 9.73. The van der Waals surface area contributed by atoms with Crippen LogP contribution in [0.5, 0.6) is 0 Å². The van der Waals surface area contributed by atoms with Crippen molar-refractivity contribution in [3.8, 4) is 0 Å². The lowest BCUT2D eigenvalue weighted by Gasteiger charge is -2.49. The second-order valence-electron chi connectivity index (χ2n) is 16.5. The first-order valence-electron chi connectivity index (χ1n) is 18.1. The van der Waals surface area contributed by atoms with E-state index in [1.807, 2.05) is 4.90 Å². The number of likely N-dealkylation sites (N-methyl/N-ethyl adjacent to an activating group) is 1. The molecule has 3 fully saturated rings. The molecule has 18 atom stereocenters. The Bertz CT molecular complexity index is 1200. The minimum atomic E-state index is -2.78. The summed E-state index contributed by atoms with van der Waals surface area (Å²) in [5.41, 5.74) is -8.85. The van der Waals surface area contributed by atoms with Crippen LogP contribution in [0.4, 0.5) is 4.39 Å². The van der Waals surface area contributed by atoms with Gasteiger partial charge in [0.05, 0.1) is 47.6 Å². The van der Waals surface area contributed by atoms with E-state index >= 15 is 4.39 Å². The maximum absolute atomic E-state index is 16.7. The van der Waals surface area contributed by atoms with Gasteiger partial charge in [-0.05, 0) is 75.4 Å². The number of alkyl halides is 1. The molecule has 0 amide bonds. The third-order valence-corrected chi connectivity index (χ3v) is 11.3. The van der Waals surface area contributed by atoms with Crippen LogP contribution in [-0.4, -0.2) is 151 Å². The van der Waals surface area contributed by atoms with Gasteiger partial charge in [0.1, 0.15) is 23.9 Å². The Labute approximate surface area is 301 Å². The van der Waals surface area contributed by atoms with Crippen LogP contribution in [0.15, 0.2) is 0 Å². The number of cyclic esters (lactones) is 1. The molecule has 0 aromatic carbocycles. The van der Waals surface area contributed by atoms with Crippen molar-refractivity contribution < 1.29 is 68.3 Å². The van der Waals surface area contributed by atoms with Crippen molar-refractivity contribution in [3.05, 3.63) is 0 Å². The lowest BCUT2D eigenvalue weighted by molar-refractivity contribution is -0.317. The minimum absolute atomic E-state index is 0.0178. The molecular weight excluding hydrogens is 673 g/mol. The van der Waals surface area contributed by atoms with Gasteiger partial charge in [-0.3, -0.25) is 9.59 Å². The summed E-state index contributed by atoms with van der Waals surface area (Å²) in [4.78, 5) is 29.5. The number of carbonyl (C=O) groups is 2. The summed E-state index contributed by atoms with van der Waals surface area (Å²) in [5.74, 6) is -5.75. The largest absolute Gasteiger partial charge is 0.459 e. The molecule has 3 aliphatic rings. The van der Waals surface area contributed by atoms with Crippen LogP contribution >= 0.6 is 0 Å². The van der Waals surface area contributed by atoms with Crippen molar-refractivity contribution in [3.63, 3.8) is 0 Å². The van der Waals surface area contributed by atoms with Crippen LogP contribution in [0.1, 0.15) is 94.9 Å². The number of aliphatic hydroxyl groups is 6. The van der Waals surface area contributed by atoms with Gasteiger partial charge in [-0.15, -0.1) is 0 Å². The van der Waals surface area contributed by atoms with E-state index in [-0.39, 0.29) is 12.8 Å². The molecule has 3 aliphatic heterocycles. The zero-order valence-electron chi connectivity index (χ0n) is 32.3. The van der Waals surface area contributed by atoms with Crippen molar-refractivity contribution >= 4 is 11.8 Å². The van der Waals surface area contributed by atoms with E-state index < -0.39 is 126 Å². The molecule has 51 heavy (non-hydrogen) atoms. The highest BCUT2D eigenvalue weighted by Crippen LogP contribution is 2.42. The van der Waals surface area contributed by atoms with Crippen molar-refractivity contribution in [2.45, 2.75) is 185 Å². The molecule has 0 aromatic rings. The molecular formula is C36H64FNO13. The van der Waals surface area contributed by atoms with E-state index in [0.717, 1.165) is 6.92 Å². The predicted octanol–water partition coefficient (Wildman–Crippen LogP) is 1.22. The van der Waals surface area contributed by atoms with Gasteiger partial charge in [0, 0.05) is 30.7 Å². The number of hydrogen-bond donors (Lipinski definition) is 6. The van der Waals surface area contributed by atoms with Gasteiger partial charge in [0.15, 0.2) is 24.0 Å². The second kappa shape index (κ2) is 16.2. The van der Waals surface area contributed by atoms with Gasteiger partial charge in [-0.2, -0.15) is 0 Å². The number of carbonyl (C=O) groups excluding carboxylic acids is 2. The molecule has 0 saturated carbocycles. The molecule has 0 radical (unpaired) electrons. The van der Waals surface area contributed by atoms with Gasteiger partial charge >= 0.3 is 5.97 Å². The zero-order chi connectivity index (χ0) is 39.2. The highest BCUT2D eigenvalue weighted by atomic mass is 19.1. The number of ketones is 1. The van der Waals surface area contributed by atoms with Crippen LogP contribution < -0.4 is 0 Å². The summed E-state index contributed by atoms with van der Waals surface area (Å²) in [6.07, 6.45) is -12.9. The number of rotatable bonds is 6. The van der Waals surface area contributed by atoms with Crippen molar-refractivity contribution in [1.29, 1.82) is 0 Å². The number of esters is 1. The predicted molar refractivity (Wildman–Crippen MR) is 182 cm³/mol. The van der Waals surface area contributed by atoms with Crippen molar-refractivity contribution in [2.24, 2.45) is 17.8 Å². The van der Waals surface area contributed by atoms with Gasteiger partial charge in [0.2, 0.25) is 0 Å². The number of nitrogens with zero attached hydrogens (tertiary/aromatic N) is 1. The van der Waals surface area contributed by atoms with E-state index in [9.17, 15) is 40.2 Å². The first-order valence-corrected chi connectivity index (χ1v) is 18.1. The quantitative estimate of drug-likeness (QED) is 0.212. The monoisotopic (exact) mass is 737 g/mol. The smallest absolute Gasteiger partial charge is 0.311 e. The normalized spacial score (nSPS) is 51.2. The number of halogens is 1. The fourth-order valence-electron chi connectivity index (χ4n) is 8.26. The summed E-state index contributed by atoms with van der Waals surface area (Å²) >= 11 is 0. The average molecular weight is 738 g/mol. The summed E-state index contributed by atoms with van der Waals surface area (Å²) in [6, 6.07) is -0.418. The van der Waals surface area contributed by atoms with Crippen LogP contribution in [0, 0.1) is 17.8 Å². The molecule has 298 valence electrons. The Morgan fingerprint density at radius 3 is 2.00 bits per heavy atom. The Morgan fingerprint density at radius 2 is 1.47 bits per heavy atom. The number of hydrogen-bond acceptors (Lipinski definition) is 14. The van der Waals surface area contributed by atoms with Gasteiger partial charge in [-0.25, -0.2) is 4.39 Å². The minimum Gasteiger partial charge on any atom is -0.459 e. The maximum Gasteiger partial charge on any atom is 0.311 e. The average Bonchev–Trinajstić information content (AvgIpc) is 3.01. The highest BCUT2D eigenvalue weighted by molar-refractivity contribution is 5.89. The van der Waals surface area contributed by atoms with E-state index in [2.05, 4.69) is 0 Å². The number of ether oxygens (including phenoxy) is 5. The molecule has 3 heterocycles. The summed E-state index contributed by atoms with van der Waals surface area (Å²) in [7, 11) is 3.57. The molecule has 0 spiro atoms. The molecule has 3 rings (SSSR count). The van der Waals surface area contributed by atoms with Crippen LogP contribution in [-0.2, 0) is 33.3 Å². The summed E-state index contributed by atoms with van der Waals surface area (Å²) < 4.78 is 47.3. The Hall–Kier alpha value is -1.37. The van der Waals surface area contributed by atoms with Crippen molar-refractivity contribution in [1.82, 2.24) is 4.90 Å². The molecule has 6 N–H and O–H groups in total. The van der Waals surface area contributed by atoms with E-state index in [1.54, 1.807) is 41.8 Å². The van der Waals surface area contributed by atoms with E-state index in [4.69, 9.17) is 23.7 Å². The van der Waals surface area contributed by atoms with E-state index in [1.165, 1.54) is 34.6 Å². The first kappa shape index (κ1) is 44.0. The fourth-order valence-corrected chi connectivity index (χ4v) is 8.26. The molecule has 15 heteroatoms. The van der Waals surface area contributed by atoms with Gasteiger partial charge < -0.3 is 59.2 Å². The van der Waals surface area contributed by atoms with Gasteiger partial charge in [0.25, 0.3) is 0 Å². The Balaban J connectivity index is 2.21. The lowest BCUT2D eigenvalue weighted by Crippen LogP contribution is -2.62. The number of aliphatic hydroxyl groups excluding tert-OH is 3. The molecule has 14 nitrogen and oxygen atoms in total. The molecule has 3 saturated heterocycles. The Morgan fingerprint density at radius 1 is 0.882 bits per heavy atom. The number of Topliss-reactive ketones (excluding diaryl/α,β-unsaturated/α-hetero) is 1. The first-order chi connectivity index (χ1) is 23.2. The summed E-state index contributed by atoms with van der Waals surface area (Å²) in [6.45, 7) is 14.1. The standard InChI is InChI=1S/C36H64FNO13/c1-13-23-36(10,46)28(41)20(5)27(40)33(7,37)16-35(9,45)30(51-32-25(39)22(38(11)12)14-17(2)47-32)18(3)26(19(4)31(43)49-23)50-24-15-34(8,44)29(42)21(6)48-24/h17-26,28-30,32,39,41-42,44-46H,13-16H2,1-12H3/t17?,18?,19?,20-,21?,22?,23?,24-,25+,26?,28+,29-,30+,32?,33-,34+,35-,36-/m0/s1. The molecule has 8 unspecified atom stereocenters. The van der Waals surface area contributed by atoms with Gasteiger partial charge in [-0.1, -0.05) is 20.8 Å². The van der Waals surface area contributed by atoms with Crippen molar-refractivity contribution in [2.75, 3.05) is 14.1 Å². The fraction of sp³-hybridized carbons (Fsp3) is 0.944. The van der Waals surface area contributed by atoms with E-state index in [0.29, 0.717) is 6.42 Å². The summed E-state index contributed by atoms with van der Waals surface area (Å²) in [5, 5.41) is 67.9. The Kier molecular flexibility index (Phi) is 13.9. The SMILES string of the molecule is CCC1OC(=O)C(C)C(O[C@H]2C[C@@](C)(O)[C@@H](O)C(C)O2)C(C)[C@@H](OC2OC(C)CC(N(C)C)[C@H]2O)[C@@](C)(O)C[C@](C)(F)C(=O)[C@H](C)[C@@H](O)[C@@]1(C)O. The van der Waals surface area contributed by atoms with Crippen LogP contribution in [0.2, 0.25) is 0 Å². The zero-order valence-corrected chi connectivity index (χ0v) is 32.3. The highest BCUT2D eigenvalue weighted by Gasteiger charge is 2.56. The third kappa shape index (κ3) is 9.48. The third-order valence-electron chi connectivity index (χ3n) is 11.3. The topological polar surface area (TPSA) is 205 Å². The molecule has 0 aromatic heterocycles. The molecule has 0 bridgehead atoms.